The summed E-state index contributed by atoms with van der Waals surface area (Å²) >= 11 is 0. The Morgan fingerprint density at radius 2 is 1.65 bits per heavy atom. The molecule has 0 atom stereocenters. The molecular weight excluding hydrogens is 288 g/mol. The number of carbonyl (C=O) groups excluding carboxylic acids is 2. The Morgan fingerprint density at radius 1 is 1.00 bits per heavy atom. The first kappa shape index (κ1) is 13.7. The van der Waals surface area contributed by atoms with Gasteiger partial charge in [-0.25, -0.2) is 0 Å². The molecule has 0 radical (unpaired) electrons. The summed E-state index contributed by atoms with van der Waals surface area (Å²) in [7, 11) is 0. The fourth-order valence-corrected chi connectivity index (χ4v) is 3.19. The Bertz CT molecular complexity index is 1030. The monoisotopic (exact) mass is 302 g/mol. The fraction of sp³-hybridized carbons (Fsp3) is 0.100. The zero-order valence-electron chi connectivity index (χ0n) is 12.9. The number of aryl methyl sites for hydroxylation is 1. The van der Waals surface area contributed by atoms with E-state index in [2.05, 4.69) is 6.58 Å². The van der Waals surface area contributed by atoms with Gasteiger partial charge in [0.15, 0.2) is 11.6 Å². The van der Waals surface area contributed by atoms with Crippen molar-refractivity contribution >= 4 is 28.1 Å². The molecule has 1 aliphatic rings. The standard InChI is InChI=1S/C20H14O3/c1-10(2)16-8-14-11(3)18-15(9-17(14)23-16)19(21)12-6-4-5-7-13(12)20(18)22/h4-9H,1H2,2-3H3. The lowest BCUT2D eigenvalue weighted by Gasteiger charge is -2.19. The number of benzene rings is 2. The molecule has 0 saturated heterocycles. The quantitative estimate of drug-likeness (QED) is 0.518. The third-order valence-corrected chi connectivity index (χ3v) is 4.39. The number of allylic oxidation sites excluding steroid dienone is 1. The number of hydrogen-bond acceptors (Lipinski definition) is 3. The van der Waals surface area contributed by atoms with Crippen molar-refractivity contribution in [2.75, 3.05) is 0 Å². The largest absolute Gasteiger partial charge is 0.456 e. The number of carbonyl (C=O) groups is 2. The van der Waals surface area contributed by atoms with Crippen LogP contribution in [0.1, 0.15) is 50.1 Å². The molecule has 0 unspecified atom stereocenters. The van der Waals surface area contributed by atoms with Gasteiger partial charge in [-0.2, -0.15) is 0 Å². The van der Waals surface area contributed by atoms with Crippen molar-refractivity contribution in [1.29, 1.82) is 0 Å². The van der Waals surface area contributed by atoms with Crippen molar-refractivity contribution in [3.63, 3.8) is 0 Å². The molecule has 2 aromatic carbocycles. The van der Waals surface area contributed by atoms with E-state index in [1.165, 1.54) is 0 Å². The lowest BCUT2D eigenvalue weighted by Crippen LogP contribution is -2.21. The van der Waals surface area contributed by atoms with Gasteiger partial charge in [0, 0.05) is 27.6 Å². The molecule has 3 heteroatoms. The number of rotatable bonds is 1. The summed E-state index contributed by atoms with van der Waals surface area (Å²) in [6.07, 6.45) is 0. The molecule has 0 aliphatic heterocycles. The fourth-order valence-electron chi connectivity index (χ4n) is 3.19. The Hall–Kier alpha value is -2.94. The molecule has 112 valence electrons. The van der Waals surface area contributed by atoms with E-state index in [4.69, 9.17) is 4.42 Å². The van der Waals surface area contributed by atoms with Crippen molar-refractivity contribution in [3.05, 3.63) is 76.6 Å². The highest BCUT2D eigenvalue weighted by Crippen LogP contribution is 2.35. The third kappa shape index (κ3) is 1.77. The maximum atomic E-state index is 12.9. The molecule has 23 heavy (non-hydrogen) atoms. The van der Waals surface area contributed by atoms with Crippen molar-refractivity contribution in [2.24, 2.45) is 0 Å². The summed E-state index contributed by atoms with van der Waals surface area (Å²) in [4.78, 5) is 25.6. The first-order valence-corrected chi connectivity index (χ1v) is 7.40. The second-order valence-electron chi connectivity index (χ2n) is 5.93. The average Bonchev–Trinajstić information content (AvgIpc) is 2.97. The van der Waals surface area contributed by atoms with E-state index in [0.717, 1.165) is 16.5 Å². The van der Waals surface area contributed by atoms with Gasteiger partial charge in [-0.1, -0.05) is 30.8 Å². The van der Waals surface area contributed by atoms with Crippen LogP contribution < -0.4 is 0 Å². The molecule has 1 aliphatic carbocycles. The van der Waals surface area contributed by atoms with E-state index in [1.54, 1.807) is 30.3 Å². The summed E-state index contributed by atoms with van der Waals surface area (Å²) in [6, 6.07) is 10.5. The molecule has 0 bridgehead atoms. The number of furan rings is 1. The highest BCUT2D eigenvalue weighted by Gasteiger charge is 2.32. The van der Waals surface area contributed by atoms with Crippen molar-refractivity contribution < 1.29 is 14.0 Å². The number of hydrogen-bond donors (Lipinski definition) is 0. The lowest BCUT2D eigenvalue weighted by atomic mass is 9.81. The highest BCUT2D eigenvalue weighted by molar-refractivity contribution is 6.30. The minimum atomic E-state index is -0.131. The highest BCUT2D eigenvalue weighted by atomic mass is 16.3. The van der Waals surface area contributed by atoms with Crippen LogP contribution in [0.5, 0.6) is 0 Å². The minimum absolute atomic E-state index is 0.104. The first-order valence-electron chi connectivity index (χ1n) is 7.40. The normalized spacial score (nSPS) is 13.1. The van der Waals surface area contributed by atoms with Crippen molar-refractivity contribution in [3.8, 4) is 0 Å². The molecule has 0 N–H and O–H groups in total. The Kier molecular flexibility index (Phi) is 2.70. The minimum Gasteiger partial charge on any atom is -0.456 e. The van der Waals surface area contributed by atoms with Gasteiger partial charge in [0.05, 0.1) is 0 Å². The lowest BCUT2D eigenvalue weighted by molar-refractivity contribution is 0.0979. The molecule has 1 aromatic heterocycles. The summed E-state index contributed by atoms with van der Waals surface area (Å²) in [5, 5.41) is 0.849. The van der Waals surface area contributed by atoms with E-state index in [-0.39, 0.29) is 11.6 Å². The van der Waals surface area contributed by atoms with Gasteiger partial charge >= 0.3 is 0 Å². The smallest absolute Gasteiger partial charge is 0.194 e. The van der Waals surface area contributed by atoms with E-state index in [9.17, 15) is 9.59 Å². The maximum absolute atomic E-state index is 12.9. The molecule has 1 heterocycles. The Labute approximate surface area is 133 Å². The Balaban J connectivity index is 2.08. The SMILES string of the molecule is C=C(C)c1cc2c(C)c3c(cc2o1)C(=O)c1ccccc1C3=O. The van der Waals surface area contributed by atoms with E-state index < -0.39 is 0 Å². The van der Waals surface area contributed by atoms with Gasteiger partial charge in [0.2, 0.25) is 0 Å². The molecule has 0 fully saturated rings. The third-order valence-electron chi connectivity index (χ3n) is 4.39. The maximum Gasteiger partial charge on any atom is 0.194 e. The predicted octanol–water partition coefficient (Wildman–Crippen LogP) is 4.55. The first-order chi connectivity index (χ1) is 11.0. The van der Waals surface area contributed by atoms with E-state index >= 15 is 0 Å². The van der Waals surface area contributed by atoms with Crippen LogP contribution in [0, 0.1) is 6.92 Å². The number of ketones is 2. The van der Waals surface area contributed by atoms with Crippen molar-refractivity contribution in [1.82, 2.24) is 0 Å². The molecule has 4 rings (SSSR count). The van der Waals surface area contributed by atoms with Crippen molar-refractivity contribution in [2.45, 2.75) is 13.8 Å². The second-order valence-corrected chi connectivity index (χ2v) is 5.93. The summed E-state index contributed by atoms with van der Waals surface area (Å²) in [5.74, 6) is 0.434. The van der Waals surface area contributed by atoms with Crippen LogP contribution in [0.4, 0.5) is 0 Å². The van der Waals surface area contributed by atoms with Gasteiger partial charge < -0.3 is 4.42 Å². The zero-order chi connectivity index (χ0) is 16.3. The van der Waals surface area contributed by atoms with Crippen LogP contribution in [-0.4, -0.2) is 11.6 Å². The van der Waals surface area contributed by atoms with Crippen LogP contribution in [-0.2, 0) is 0 Å². The topological polar surface area (TPSA) is 47.3 Å². The van der Waals surface area contributed by atoms with Gasteiger partial charge in [0.1, 0.15) is 11.3 Å². The molecule has 3 nitrogen and oxygen atoms in total. The van der Waals surface area contributed by atoms with Crippen LogP contribution in [0.3, 0.4) is 0 Å². The summed E-state index contributed by atoms with van der Waals surface area (Å²) in [6.45, 7) is 7.60. The van der Waals surface area contributed by atoms with Gasteiger partial charge in [0.25, 0.3) is 0 Å². The van der Waals surface area contributed by atoms with Gasteiger partial charge in [-0.05, 0) is 37.1 Å². The Morgan fingerprint density at radius 3 is 2.30 bits per heavy atom. The second kappa shape index (κ2) is 4.53. The van der Waals surface area contributed by atoms with E-state index in [1.807, 2.05) is 19.9 Å². The molecular formula is C20H14O3. The molecule has 0 amide bonds. The zero-order valence-corrected chi connectivity index (χ0v) is 12.9. The summed E-state index contributed by atoms with van der Waals surface area (Å²) in [5.41, 5.74) is 4.02. The molecule has 0 spiro atoms. The van der Waals surface area contributed by atoms with Crippen LogP contribution in [0.15, 0.2) is 47.4 Å². The molecule has 0 saturated carbocycles. The van der Waals surface area contributed by atoms with E-state index in [0.29, 0.717) is 33.6 Å². The molecule has 3 aromatic rings. The van der Waals surface area contributed by atoms with Gasteiger partial charge in [-0.15, -0.1) is 0 Å². The van der Waals surface area contributed by atoms with Crippen LogP contribution >= 0.6 is 0 Å². The predicted molar refractivity (Wildman–Crippen MR) is 89.0 cm³/mol. The van der Waals surface area contributed by atoms with Gasteiger partial charge in [-0.3, -0.25) is 9.59 Å². The average molecular weight is 302 g/mol. The van der Waals surface area contributed by atoms with Crippen LogP contribution in [0.25, 0.3) is 16.5 Å². The van der Waals surface area contributed by atoms with Crippen LogP contribution in [0.2, 0.25) is 0 Å². The number of fused-ring (bicyclic) bond motifs is 3. The summed E-state index contributed by atoms with van der Waals surface area (Å²) < 4.78 is 5.78.